The molecule has 1 aliphatic heterocycles. The van der Waals surface area contributed by atoms with Crippen LogP contribution < -0.4 is 0 Å². The second-order valence-electron chi connectivity index (χ2n) is 4.83. The van der Waals surface area contributed by atoms with E-state index in [9.17, 15) is 14.9 Å². The molecule has 1 fully saturated rings. The van der Waals surface area contributed by atoms with Crippen LogP contribution in [0.25, 0.3) is 0 Å². The van der Waals surface area contributed by atoms with E-state index in [-0.39, 0.29) is 22.8 Å². The molecule has 3 atom stereocenters. The molecule has 0 bridgehead atoms. The molecular formula is C10H17BrN2O3. The van der Waals surface area contributed by atoms with Gasteiger partial charge in [0.25, 0.3) is 0 Å². The molecule has 1 aliphatic rings. The lowest BCUT2D eigenvalue weighted by Crippen LogP contribution is -2.53. The highest BCUT2D eigenvalue weighted by atomic mass is 79.9. The van der Waals surface area contributed by atoms with Crippen LogP contribution in [0.15, 0.2) is 0 Å². The standard InChI is InChI=1S/C10H17BrN2O3/c1-7(2)9-10(3,13(15)16)8(4-11)5-12(9)6-14/h6-9H,4-5H2,1-3H3. The summed E-state index contributed by atoms with van der Waals surface area (Å²) in [6, 6.07) is -0.331. The Kier molecular flexibility index (Phi) is 3.93. The van der Waals surface area contributed by atoms with Gasteiger partial charge in [0, 0.05) is 23.7 Å². The predicted molar refractivity (Wildman–Crippen MR) is 64.1 cm³/mol. The van der Waals surface area contributed by atoms with Crippen molar-refractivity contribution in [1.82, 2.24) is 4.90 Å². The fraction of sp³-hybridized carbons (Fsp3) is 0.900. The van der Waals surface area contributed by atoms with Crippen LogP contribution in [-0.4, -0.2) is 39.7 Å². The highest BCUT2D eigenvalue weighted by molar-refractivity contribution is 9.09. The number of amides is 1. The van der Waals surface area contributed by atoms with E-state index in [0.717, 1.165) is 6.41 Å². The van der Waals surface area contributed by atoms with Gasteiger partial charge in [-0.2, -0.15) is 0 Å². The average molecular weight is 293 g/mol. The van der Waals surface area contributed by atoms with E-state index in [0.29, 0.717) is 11.9 Å². The maximum Gasteiger partial charge on any atom is 0.244 e. The molecule has 6 heteroatoms. The Morgan fingerprint density at radius 2 is 2.25 bits per heavy atom. The van der Waals surface area contributed by atoms with Gasteiger partial charge in [0.15, 0.2) is 0 Å². The summed E-state index contributed by atoms with van der Waals surface area (Å²) < 4.78 is 0. The van der Waals surface area contributed by atoms with Gasteiger partial charge in [-0.3, -0.25) is 14.9 Å². The van der Waals surface area contributed by atoms with E-state index in [1.807, 2.05) is 13.8 Å². The lowest BCUT2D eigenvalue weighted by molar-refractivity contribution is -0.576. The molecule has 16 heavy (non-hydrogen) atoms. The number of carbonyl (C=O) groups is 1. The van der Waals surface area contributed by atoms with E-state index in [1.54, 1.807) is 11.8 Å². The van der Waals surface area contributed by atoms with Gasteiger partial charge in [-0.1, -0.05) is 29.8 Å². The fourth-order valence-electron chi connectivity index (χ4n) is 2.76. The Bertz CT molecular complexity index is 298. The normalized spacial score (nSPS) is 34.4. The summed E-state index contributed by atoms with van der Waals surface area (Å²) in [5.74, 6) is -0.0650. The highest BCUT2D eigenvalue weighted by Gasteiger charge is 2.60. The van der Waals surface area contributed by atoms with Gasteiger partial charge in [-0.15, -0.1) is 0 Å². The van der Waals surface area contributed by atoms with Crippen molar-refractivity contribution in [1.29, 1.82) is 0 Å². The highest BCUT2D eigenvalue weighted by Crippen LogP contribution is 2.39. The minimum absolute atomic E-state index is 0.0738. The monoisotopic (exact) mass is 292 g/mol. The van der Waals surface area contributed by atoms with Crippen molar-refractivity contribution in [3.8, 4) is 0 Å². The molecule has 0 aliphatic carbocycles. The maximum atomic E-state index is 11.3. The third kappa shape index (κ3) is 1.83. The van der Waals surface area contributed by atoms with Crippen LogP contribution in [0, 0.1) is 22.0 Å². The van der Waals surface area contributed by atoms with E-state index >= 15 is 0 Å². The number of nitrogens with zero attached hydrogens (tertiary/aromatic N) is 2. The Labute approximate surface area is 103 Å². The van der Waals surface area contributed by atoms with Crippen molar-refractivity contribution in [3.63, 3.8) is 0 Å². The first-order valence-corrected chi connectivity index (χ1v) is 6.43. The van der Waals surface area contributed by atoms with Gasteiger partial charge in [0.1, 0.15) is 6.04 Å². The number of alkyl halides is 1. The molecule has 92 valence electrons. The topological polar surface area (TPSA) is 63.5 Å². The molecule has 1 heterocycles. The second kappa shape index (κ2) is 4.69. The summed E-state index contributed by atoms with van der Waals surface area (Å²) in [4.78, 5) is 23.6. The van der Waals surface area contributed by atoms with E-state index in [2.05, 4.69) is 15.9 Å². The average Bonchev–Trinajstić information content (AvgIpc) is 2.51. The molecule has 1 amide bonds. The molecule has 0 saturated carbocycles. The molecular weight excluding hydrogens is 276 g/mol. The van der Waals surface area contributed by atoms with Gasteiger partial charge in [0.2, 0.25) is 11.9 Å². The molecule has 1 saturated heterocycles. The van der Waals surface area contributed by atoms with Crippen LogP contribution in [0.2, 0.25) is 0 Å². The third-order valence-electron chi connectivity index (χ3n) is 3.56. The first-order valence-electron chi connectivity index (χ1n) is 5.31. The van der Waals surface area contributed by atoms with Gasteiger partial charge in [-0.05, 0) is 5.92 Å². The van der Waals surface area contributed by atoms with Crippen LogP contribution in [-0.2, 0) is 4.79 Å². The SMILES string of the molecule is CC(C)C1N(C=O)CC(CBr)C1(C)[N+](=O)[O-]. The molecule has 0 spiro atoms. The van der Waals surface area contributed by atoms with E-state index < -0.39 is 5.54 Å². The fourth-order valence-corrected chi connectivity index (χ4v) is 3.62. The zero-order chi connectivity index (χ0) is 12.5. The number of likely N-dealkylation sites (tertiary alicyclic amines) is 1. The number of hydrogen-bond donors (Lipinski definition) is 0. The zero-order valence-electron chi connectivity index (χ0n) is 9.72. The summed E-state index contributed by atoms with van der Waals surface area (Å²) in [6.45, 7) is 5.93. The minimum Gasteiger partial charge on any atom is -0.334 e. The van der Waals surface area contributed by atoms with Crippen LogP contribution in [0.5, 0.6) is 0 Å². The lowest BCUT2D eigenvalue weighted by Gasteiger charge is -2.31. The summed E-state index contributed by atoms with van der Waals surface area (Å²) in [5, 5.41) is 11.9. The largest absolute Gasteiger partial charge is 0.334 e. The van der Waals surface area contributed by atoms with Gasteiger partial charge in [-0.25, -0.2) is 0 Å². The van der Waals surface area contributed by atoms with Crippen LogP contribution >= 0.6 is 15.9 Å². The number of nitro groups is 1. The summed E-state index contributed by atoms with van der Waals surface area (Å²) in [5.41, 5.74) is -1.06. The number of rotatable bonds is 4. The van der Waals surface area contributed by atoms with E-state index in [1.165, 1.54) is 0 Å². The zero-order valence-corrected chi connectivity index (χ0v) is 11.3. The van der Waals surface area contributed by atoms with Crippen LogP contribution in [0.4, 0.5) is 0 Å². The quantitative estimate of drug-likeness (QED) is 0.342. The van der Waals surface area contributed by atoms with Gasteiger partial charge < -0.3 is 4.90 Å². The summed E-state index contributed by atoms with van der Waals surface area (Å²) in [6.07, 6.45) is 0.731. The Morgan fingerprint density at radius 3 is 2.56 bits per heavy atom. The van der Waals surface area contributed by atoms with Gasteiger partial charge in [0.05, 0.1) is 5.92 Å². The van der Waals surface area contributed by atoms with E-state index in [4.69, 9.17) is 0 Å². The van der Waals surface area contributed by atoms with Crippen molar-refractivity contribution in [2.24, 2.45) is 11.8 Å². The number of carbonyl (C=O) groups excluding carboxylic acids is 1. The first kappa shape index (κ1) is 13.4. The smallest absolute Gasteiger partial charge is 0.244 e. The second-order valence-corrected chi connectivity index (χ2v) is 5.47. The summed E-state index contributed by atoms with van der Waals surface area (Å²) in [7, 11) is 0. The van der Waals surface area contributed by atoms with Crippen molar-refractivity contribution in [2.45, 2.75) is 32.4 Å². The van der Waals surface area contributed by atoms with Crippen molar-refractivity contribution < 1.29 is 9.72 Å². The molecule has 5 nitrogen and oxygen atoms in total. The predicted octanol–water partition coefficient (Wildman–Crippen LogP) is 1.53. The van der Waals surface area contributed by atoms with Crippen LogP contribution in [0.1, 0.15) is 20.8 Å². The molecule has 0 aromatic carbocycles. The third-order valence-corrected chi connectivity index (χ3v) is 4.34. The molecule has 0 aromatic rings. The molecule has 0 aromatic heterocycles. The molecule has 0 radical (unpaired) electrons. The Hall–Kier alpha value is -0.650. The molecule has 1 rings (SSSR count). The lowest BCUT2D eigenvalue weighted by atomic mass is 9.80. The maximum absolute atomic E-state index is 11.3. The van der Waals surface area contributed by atoms with Crippen molar-refractivity contribution in [2.75, 3.05) is 11.9 Å². The van der Waals surface area contributed by atoms with Crippen molar-refractivity contribution in [3.05, 3.63) is 10.1 Å². The van der Waals surface area contributed by atoms with Gasteiger partial charge >= 0.3 is 0 Å². The number of halogens is 1. The number of hydrogen-bond acceptors (Lipinski definition) is 3. The minimum atomic E-state index is -1.06. The van der Waals surface area contributed by atoms with Crippen LogP contribution in [0.3, 0.4) is 0 Å². The Balaban J connectivity index is 3.16. The Morgan fingerprint density at radius 1 is 1.69 bits per heavy atom. The molecule has 3 unspecified atom stereocenters. The first-order chi connectivity index (χ1) is 7.39. The van der Waals surface area contributed by atoms with Crippen molar-refractivity contribution >= 4 is 22.3 Å². The summed E-state index contributed by atoms with van der Waals surface area (Å²) >= 11 is 3.31. The molecule has 0 N–H and O–H groups in total.